The Hall–Kier alpha value is -1.57. The quantitative estimate of drug-likeness (QED) is 0.900. The van der Waals surface area contributed by atoms with Crippen LogP contribution in [0.15, 0.2) is 6.20 Å². The Balaban J connectivity index is 1.62. The van der Waals surface area contributed by atoms with Crippen molar-refractivity contribution < 1.29 is 14.7 Å². The average Bonchev–Trinajstić information content (AvgIpc) is 2.97. The van der Waals surface area contributed by atoms with Gasteiger partial charge in [0.15, 0.2) is 5.69 Å². The summed E-state index contributed by atoms with van der Waals surface area (Å²) < 4.78 is 1.54. The van der Waals surface area contributed by atoms with Crippen molar-refractivity contribution in [1.29, 1.82) is 0 Å². The van der Waals surface area contributed by atoms with E-state index < -0.39 is 5.97 Å². The predicted octanol–water partition coefficient (Wildman–Crippen LogP) is 1.25. The van der Waals surface area contributed by atoms with E-state index in [0.717, 1.165) is 18.8 Å². The SMILES string of the molecule is O=C(O)c1cn(CC(=O)N2CCSC3(CCCCC3)C2)nn1. The Morgan fingerprint density at radius 2 is 2.09 bits per heavy atom. The lowest BCUT2D eigenvalue weighted by molar-refractivity contribution is -0.132. The third-order valence-electron chi connectivity index (χ3n) is 4.42. The van der Waals surface area contributed by atoms with Crippen LogP contribution in [0.25, 0.3) is 0 Å². The highest BCUT2D eigenvalue weighted by atomic mass is 32.2. The van der Waals surface area contributed by atoms with Gasteiger partial charge in [0.25, 0.3) is 0 Å². The van der Waals surface area contributed by atoms with Gasteiger partial charge in [0.05, 0.1) is 6.20 Å². The maximum atomic E-state index is 12.5. The number of hydrogen-bond donors (Lipinski definition) is 1. The molecular weight excluding hydrogens is 304 g/mol. The summed E-state index contributed by atoms with van der Waals surface area (Å²) in [5.74, 6) is -0.162. The van der Waals surface area contributed by atoms with Crippen LogP contribution in [0.2, 0.25) is 0 Å². The highest BCUT2D eigenvalue weighted by Gasteiger charge is 2.38. The minimum Gasteiger partial charge on any atom is -0.476 e. The topological polar surface area (TPSA) is 88.3 Å². The van der Waals surface area contributed by atoms with Crippen LogP contribution in [0.4, 0.5) is 0 Å². The zero-order valence-corrected chi connectivity index (χ0v) is 13.2. The van der Waals surface area contributed by atoms with Crippen molar-refractivity contribution in [1.82, 2.24) is 19.9 Å². The summed E-state index contributed by atoms with van der Waals surface area (Å²) in [4.78, 5) is 25.2. The largest absolute Gasteiger partial charge is 0.476 e. The molecule has 2 aliphatic rings. The fourth-order valence-corrected chi connectivity index (χ4v) is 4.84. The van der Waals surface area contributed by atoms with Crippen molar-refractivity contribution in [2.45, 2.75) is 43.4 Å². The van der Waals surface area contributed by atoms with E-state index in [-0.39, 0.29) is 22.9 Å². The van der Waals surface area contributed by atoms with Crippen molar-refractivity contribution in [2.24, 2.45) is 0 Å². The van der Waals surface area contributed by atoms with E-state index in [2.05, 4.69) is 10.3 Å². The Bertz CT molecular complexity index is 563. The van der Waals surface area contributed by atoms with Gasteiger partial charge in [0.2, 0.25) is 5.91 Å². The van der Waals surface area contributed by atoms with Crippen LogP contribution in [0, 0.1) is 0 Å². The van der Waals surface area contributed by atoms with E-state index >= 15 is 0 Å². The lowest BCUT2D eigenvalue weighted by Gasteiger charge is -2.44. The number of hydrogen-bond acceptors (Lipinski definition) is 5. The molecule has 1 aromatic heterocycles. The highest BCUT2D eigenvalue weighted by Crippen LogP contribution is 2.42. The van der Waals surface area contributed by atoms with Crippen LogP contribution in [0.3, 0.4) is 0 Å². The van der Waals surface area contributed by atoms with E-state index in [1.807, 2.05) is 16.7 Å². The van der Waals surface area contributed by atoms with Gasteiger partial charge in [-0.3, -0.25) is 4.79 Å². The minimum absolute atomic E-state index is 0.00733. The fourth-order valence-electron chi connectivity index (χ4n) is 3.27. The molecule has 1 saturated carbocycles. The number of nitrogens with zero attached hydrogens (tertiary/aromatic N) is 4. The fraction of sp³-hybridized carbons (Fsp3) is 0.714. The first-order valence-corrected chi connectivity index (χ1v) is 8.62. The number of amides is 1. The Morgan fingerprint density at radius 3 is 2.77 bits per heavy atom. The lowest BCUT2D eigenvalue weighted by Crippen LogP contribution is -2.50. The molecule has 3 rings (SSSR count). The summed E-state index contributed by atoms with van der Waals surface area (Å²) in [6.07, 6.45) is 7.48. The van der Waals surface area contributed by atoms with Gasteiger partial charge in [-0.05, 0) is 12.8 Å². The Kier molecular flexibility index (Phi) is 4.37. The molecule has 1 aliphatic carbocycles. The molecule has 1 aromatic rings. The number of carboxylic acid groups (broad SMARTS) is 1. The van der Waals surface area contributed by atoms with Gasteiger partial charge in [-0.1, -0.05) is 24.5 Å². The van der Waals surface area contributed by atoms with Gasteiger partial charge in [0, 0.05) is 23.6 Å². The zero-order valence-electron chi connectivity index (χ0n) is 12.4. The monoisotopic (exact) mass is 324 g/mol. The second-order valence-electron chi connectivity index (χ2n) is 6.01. The first kappa shape index (κ1) is 15.3. The number of carboxylic acids is 1. The van der Waals surface area contributed by atoms with E-state index in [1.165, 1.54) is 43.0 Å². The predicted molar refractivity (Wildman–Crippen MR) is 81.8 cm³/mol. The average molecular weight is 324 g/mol. The first-order valence-electron chi connectivity index (χ1n) is 7.63. The van der Waals surface area contributed by atoms with Crippen molar-refractivity contribution in [3.8, 4) is 0 Å². The molecule has 2 heterocycles. The van der Waals surface area contributed by atoms with E-state index in [9.17, 15) is 9.59 Å². The van der Waals surface area contributed by atoms with E-state index in [0.29, 0.717) is 0 Å². The molecule has 1 spiro atoms. The van der Waals surface area contributed by atoms with Gasteiger partial charge in [0.1, 0.15) is 6.54 Å². The van der Waals surface area contributed by atoms with Crippen LogP contribution >= 0.6 is 11.8 Å². The van der Waals surface area contributed by atoms with Gasteiger partial charge in [-0.25, -0.2) is 9.48 Å². The molecule has 8 heteroatoms. The molecule has 7 nitrogen and oxygen atoms in total. The summed E-state index contributed by atoms with van der Waals surface area (Å²) in [5, 5.41) is 16.1. The smallest absolute Gasteiger partial charge is 0.358 e. The maximum absolute atomic E-state index is 12.5. The molecule has 1 aliphatic heterocycles. The minimum atomic E-state index is -1.13. The van der Waals surface area contributed by atoms with Gasteiger partial charge in [-0.2, -0.15) is 11.8 Å². The number of aromatic nitrogens is 3. The standard InChI is InChI=1S/C14H20N4O3S/c19-12(9-18-8-11(13(20)21)15-16-18)17-6-7-22-14(10-17)4-2-1-3-5-14/h8H,1-7,9-10H2,(H,20,21). The molecule has 2 fully saturated rings. The summed E-state index contributed by atoms with van der Waals surface area (Å²) in [6.45, 7) is 1.61. The van der Waals surface area contributed by atoms with Crippen molar-refractivity contribution in [3.05, 3.63) is 11.9 Å². The number of carbonyl (C=O) groups excluding carboxylic acids is 1. The third kappa shape index (κ3) is 3.26. The molecule has 120 valence electrons. The van der Waals surface area contributed by atoms with Gasteiger partial charge in [-0.15, -0.1) is 5.10 Å². The second kappa shape index (κ2) is 6.28. The first-order chi connectivity index (χ1) is 10.6. The maximum Gasteiger partial charge on any atom is 0.358 e. The van der Waals surface area contributed by atoms with Crippen LogP contribution < -0.4 is 0 Å². The molecule has 1 saturated heterocycles. The van der Waals surface area contributed by atoms with E-state index in [1.54, 1.807) is 0 Å². The Morgan fingerprint density at radius 1 is 1.32 bits per heavy atom. The van der Waals surface area contributed by atoms with Crippen molar-refractivity contribution in [3.63, 3.8) is 0 Å². The van der Waals surface area contributed by atoms with Crippen LogP contribution in [-0.4, -0.2) is 60.5 Å². The number of aromatic carboxylic acids is 1. The highest BCUT2D eigenvalue weighted by molar-refractivity contribution is 8.00. The molecule has 1 N–H and O–H groups in total. The van der Waals surface area contributed by atoms with E-state index in [4.69, 9.17) is 5.11 Å². The zero-order chi connectivity index (χ0) is 15.6. The van der Waals surface area contributed by atoms with Gasteiger partial charge >= 0.3 is 5.97 Å². The number of thioether (sulfide) groups is 1. The molecule has 0 atom stereocenters. The molecule has 0 radical (unpaired) electrons. The summed E-state index contributed by atoms with van der Waals surface area (Å²) >= 11 is 2.02. The molecule has 0 unspecified atom stereocenters. The number of carbonyl (C=O) groups is 2. The van der Waals surface area contributed by atoms with Crippen molar-refractivity contribution >= 4 is 23.6 Å². The molecule has 0 bridgehead atoms. The lowest BCUT2D eigenvalue weighted by atomic mass is 9.87. The van der Waals surface area contributed by atoms with Crippen LogP contribution in [0.1, 0.15) is 42.6 Å². The van der Waals surface area contributed by atoms with Crippen molar-refractivity contribution in [2.75, 3.05) is 18.8 Å². The molecule has 22 heavy (non-hydrogen) atoms. The summed E-state index contributed by atoms with van der Waals surface area (Å²) in [6, 6.07) is 0. The molecule has 0 aromatic carbocycles. The number of rotatable bonds is 3. The second-order valence-corrected chi connectivity index (χ2v) is 7.58. The Labute approximate surface area is 133 Å². The van der Waals surface area contributed by atoms with Gasteiger partial charge < -0.3 is 10.0 Å². The normalized spacial score (nSPS) is 21.0. The summed E-state index contributed by atoms with van der Waals surface area (Å²) in [7, 11) is 0. The summed E-state index contributed by atoms with van der Waals surface area (Å²) in [5.41, 5.74) is -0.134. The molecular formula is C14H20N4O3S. The third-order valence-corrected chi connectivity index (χ3v) is 5.96. The van der Waals surface area contributed by atoms with Crippen LogP contribution in [-0.2, 0) is 11.3 Å². The van der Waals surface area contributed by atoms with Crippen LogP contribution in [0.5, 0.6) is 0 Å². The molecule has 1 amide bonds.